The highest BCUT2D eigenvalue weighted by atomic mass is 35.5. The van der Waals surface area contributed by atoms with Gasteiger partial charge in [0.2, 0.25) is 5.79 Å². The van der Waals surface area contributed by atoms with Crippen LogP contribution in [0.25, 0.3) is 0 Å². The highest BCUT2D eigenvalue weighted by Gasteiger charge is 2.44. The molecule has 0 bridgehead atoms. The zero-order chi connectivity index (χ0) is 22.3. The molecule has 2 atom stereocenters. The third-order valence-electron chi connectivity index (χ3n) is 5.68. The van der Waals surface area contributed by atoms with Gasteiger partial charge in [0.05, 0.1) is 41.9 Å². The molecular formula is C21H20Cl2F2N2O4. The highest BCUT2D eigenvalue weighted by Crippen LogP contribution is 2.34. The molecule has 2 heterocycles. The average Bonchev–Trinajstić information content (AvgIpc) is 2.75. The van der Waals surface area contributed by atoms with Crippen LogP contribution in [0, 0.1) is 11.6 Å². The van der Waals surface area contributed by atoms with E-state index in [9.17, 15) is 18.7 Å². The third-order valence-corrected chi connectivity index (χ3v) is 6.35. The number of halogens is 4. The van der Waals surface area contributed by atoms with Crippen molar-refractivity contribution in [3.05, 3.63) is 63.1 Å². The lowest BCUT2D eigenvalue weighted by molar-refractivity contribution is -0.265. The van der Waals surface area contributed by atoms with E-state index in [1.807, 2.05) is 4.90 Å². The summed E-state index contributed by atoms with van der Waals surface area (Å²) in [5.74, 6) is -3.28. The molecule has 1 amide bonds. The molecule has 0 spiro atoms. The maximum atomic E-state index is 14.4. The van der Waals surface area contributed by atoms with E-state index in [-0.39, 0.29) is 47.1 Å². The summed E-state index contributed by atoms with van der Waals surface area (Å²) in [5.41, 5.74) is 0.116. The number of hydrogen-bond donors (Lipinski definition) is 1. The van der Waals surface area contributed by atoms with Gasteiger partial charge in [0, 0.05) is 25.2 Å². The number of fused-ring (bicyclic) bond motifs is 1. The standard InChI is InChI=1S/C21H20Cl2F2N2O4/c1-30-17-5-4-16(25)18(19(17)23)20(28)26-6-7-27-11-21(29,31-10-13(27)9-26)12-2-3-15(24)14(22)8-12/h2-5,8,13,29H,6-7,9-11H2,1H3/t13-,21-/m0/s1. The van der Waals surface area contributed by atoms with Crippen LogP contribution in [0.5, 0.6) is 5.75 Å². The zero-order valence-corrected chi connectivity index (χ0v) is 18.1. The number of aliphatic hydroxyl groups is 1. The fourth-order valence-corrected chi connectivity index (χ4v) is 4.45. The number of rotatable bonds is 3. The van der Waals surface area contributed by atoms with Gasteiger partial charge in [0.1, 0.15) is 17.4 Å². The molecule has 2 aliphatic heterocycles. The highest BCUT2D eigenvalue weighted by molar-refractivity contribution is 6.35. The molecule has 4 rings (SSSR count). The molecule has 31 heavy (non-hydrogen) atoms. The first-order valence-corrected chi connectivity index (χ1v) is 10.4. The Kier molecular flexibility index (Phi) is 6.11. The monoisotopic (exact) mass is 472 g/mol. The Morgan fingerprint density at radius 1 is 1.23 bits per heavy atom. The summed E-state index contributed by atoms with van der Waals surface area (Å²) in [5, 5.41) is 10.8. The number of hydrogen-bond acceptors (Lipinski definition) is 5. The van der Waals surface area contributed by atoms with E-state index in [4.69, 9.17) is 32.7 Å². The van der Waals surface area contributed by atoms with Crippen LogP contribution in [0.4, 0.5) is 8.78 Å². The molecule has 6 nitrogen and oxygen atoms in total. The number of carbonyl (C=O) groups excluding carboxylic acids is 1. The summed E-state index contributed by atoms with van der Waals surface area (Å²) in [6.07, 6.45) is 0. The first-order valence-electron chi connectivity index (χ1n) is 9.60. The molecule has 2 aromatic carbocycles. The fraction of sp³-hybridized carbons (Fsp3) is 0.381. The Balaban J connectivity index is 1.49. The van der Waals surface area contributed by atoms with Gasteiger partial charge in [-0.2, -0.15) is 0 Å². The molecule has 2 fully saturated rings. The quantitative estimate of drug-likeness (QED) is 0.742. The molecule has 0 aliphatic carbocycles. The second kappa shape index (κ2) is 8.52. The van der Waals surface area contributed by atoms with Gasteiger partial charge < -0.3 is 19.5 Å². The van der Waals surface area contributed by atoms with Crippen molar-refractivity contribution < 1.29 is 28.2 Å². The first kappa shape index (κ1) is 22.2. The maximum Gasteiger partial charge on any atom is 0.258 e. The molecule has 0 saturated carbocycles. The van der Waals surface area contributed by atoms with E-state index < -0.39 is 23.3 Å². The molecule has 0 unspecified atom stereocenters. The number of methoxy groups -OCH3 is 1. The summed E-state index contributed by atoms with van der Waals surface area (Å²) < 4.78 is 38.6. The predicted octanol–water partition coefficient (Wildman–Crippen LogP) is 3.28. The van der Waals surface area contributed by atoms with Gasteiger partial charge in [-0.1, -0.05) is 29.3 Å². The maximum absolute atomic E-state index is 14.4. The van der Waals surface area contributed by atoms with Crippen molar-refractivity contribution in [2.75, 3.05) is 39.9 Å². The van der Waals surface area contributed by atoms with Crippen LogP contribution in [0.15, 0.2) is 30.3 Å². The van der Waals surface area contributed by atoms with Gasteiger partial charge in [-0.25, -0.2) is 8.78 Å². The number of benzene rings is 2. The van der Waals surface area contributed by atoms with Crippen molar-refractivity contribution in [2.45, 2.75) is 11.8 Å². The summed E-state index contributed by atoms with van der Waals surface area (Å²) in [7, 11) is 1.39. The molecule has 2 aromatic rings. The van der Waals surface area contributed by atoms with Gasteiger partial charge in [-0.15, -0.1) is 0 Å². The Morgan fingerprint density at radius 3 is 2.68 bits per heavy atom. The van der Waals surface area contributed by atoms with Crippen molar-refractivity contribution in [3.63, 3.8) is 0 Å². The SMILES string of the molecule is COc1ccc(F)c(C(=O)N2CCN3C[C@@](O)(c4ccc(F)c(Cl)c4)OC[C@@H]3C2)c1Cl. The average molecular weight is 473 g/mol. The van der Waals surface area contributed by atoms with Gasteiger partial charge in [0.15, 0.2) is 0 Å². The Morgan fingerprint density at radius 2 is 1.97 bits per heavy atom. The molecule has 0 radical (unpaired) electrons. The lowest BCUT2D eigenvalue weighted by Crippen LogP contribution is -2.63. The van der Waals surface area contributed by atoms with Crippen molar-refractivity contribution >= 4 is 29.1 Å². The number of morpholine rings is 1. The number of piperazine rings is 1. The lowest BCUT2D eigenvalue weighted by Gasteiger charge is -2.48. The summed E-state index contributed by atoms with van der Waals surface area (Å²) in [6, 6.07) is 6.24. The minimum atomic E-state index is -1.65. The molecule has 1 N–H and O–H groups in total. The van der Waals surface area contributed by atoms with Crippen molar-refractivity contribution in [1.29, 1.82) is 0 Å². The first-order chi connectivity index (χ1) is 14.7. The topological polar surface area (TPSA) is 62.2 Å². The van der Waals surface area contributed by atoms with Gasteiger partial charge in [-0.05, 0) is 24.3 Å². The molecule has 2 saturated heterocycles. The predicted molar refractivity (Wildman–Crippen MR) is 110 cm³/mol. The summed E-state index contributed by atoms with van der Waals surface area (Å²) >= 11 is 12.0. The van der Waals surface area contributed by atoms with Crippen LogP contribution in [-0.2, 0) is 10.5 Å². The molecule has 166 valence electrons. The van der Waals surface area contributed by atoms with E-state index in [2.05, 4.69) is 0 Å². The van der Waals surface area contributed by atoms with Crippen LogP contribution in [0.1, 0.15) is 15.9 Å². The Labute approximate surface area is 187 Å². The van der Waals surface area contributed by atoms with Gasteiger partial charge >= 0.3 is 0 Å². The van der Waals surface area contributed by atoms with E-state index >= 15 is 0 Å². The van der Waals surface area contributed by atoms with Crippen molar-refractivity contribution in [2.24, 2.45) is 0 Å². The third kappa shape index (κ3) is 4.10. The van der Waals surface area contributed by atoms with Gasteiger partial charge in [-0.3, -0.25) is 9.69 Å². The van der Waals surface area contributed by atoms with Crippen LogP contribution < -0.4 is 4.74 Å². The van der Waals surface area contributed by atoms with Crippen LogP contribution in [0.2, 0.25) is 10.0 Å². The second-order valence-corrected chi connectivity index (χ2v) is 8.32. The lowest BCUT2D eigenvalue weighted by atomic mass is 10.00. The minimum Gasteiger partial charge on any atom is -0.495 e. The Bertz CT molecular complexity index is 1030. The van der Waals surface area contributed by atoms with E-state index in [0.29, 0.717) is 18.7 Å². The smallest absolute Gasteiger partial charge is 0.258 e. The van der Waals surface area contributed by atoms with E-state index in [1.165, 1.54) is 36.3 Å². The largest absolute Gasteiger partial charge is 0.495 e. The molecule has 10 heteroatoms. The number of nitrogens with zero attached hydrogens (tertiary/aromatic N) is 2. The van der Waals surface area contributed by atoms with Crippen LogP contribution in [-0.4, -0.2) is 66.8 Å². The van der Waals surface area contributed by atoms with Crippen molar-refractivity contribution in [3.8, 4) is 5.75 Å². The summed E-state index contributed by atoms with van der Waals surface area (Å²) in [6.45, 7) is 1.24. The zero-order valence-electron chi connectivity index (χ0n) is 16.6. The van der Waals surface area contributed by atoms with Crippen molar-refractivity contribution in [1.82, 2.24) is 9.80 Å². The van der Waals surface area contributed by atoms with E-state index in [0.717, 1.165) is 6.07 Å². The number of ether oxygens (including phenoxy) is 2. The second-order valence-electron chi connectivity index (χ2n) is 7.54. The number of carbonyl (C=O) groups is 1. The minimum absolute atomic E-state index is 0.0719. The molecular weight excluding hydrogens is 453 g/mol. The molecule has 2 aliphatic rings. The fourth-order valence-electron chi connectivity index (χ4n) is 3.96. The Hall–Kier alpha value is -1.97. The van der Waals surface area contributed by atoms with Crippen LogP contribution in [0.3, 0.4) is 0 Å². The van der Waals surface area contributed by atoms with E-state index in [1.54, 1.807) is 0 Å². The number of amides is 1. The van der Waals surface area contributed by atoms with Crippen LogP contribution >= 0.6 is 23.2 Å². The molecule has 0 aromatic heterocycles. The van der Waals surface area contributed by atoms with Gasteiger partial charge in [0.25, 0.3) is 5.91 Å². The summed E-state index contributed by atoms with van der Waals surface area (Å²) in [4.78, 5) is 16.5. The normalized spacial score (nSPS) is 24.1.